The number of benzene rings is 2. The Morgan fingerprint density at radius 1 is 1.11 bits per heavy atom. The standard InChI is InChI=1S/C22H24N4O2/c1-15(2)22(28)25-13-5-8-20(25)21(27)24-16-9-11-17(12-10-16)26-14-23-18-6-3-4-7-19(18)26/h3-4,6-7,9-12,14-15,20H,5,8,13H2,1-2H3,(H,24,27)/t20-/m0/s1. The van der Waals surface area contributed by atoms with Crippen molar-refractivity contribution in [3.63, 3.8) is 0 Å². The second-order valence-electron chi connectivity index (χ2n) is 7.48. The van der Waals surface area contributed by atoms with Gasteiger partial charge in [-0.1, -0.05) is 26.0 Å². The minimum absolute atomic E-state index is 0.0417. The van der Waals surface area contributed by atoms with E-state index in [0.29, 0.717) is 13.0 Å². The number of carbonyl (C=O) groups excluding carboxylic acids is 2. The first kappa shape index (κ1) is 18.2. The number of amides is 2. The molecule has 1 saturated heterocycles. The average Bonchev–Trinajstić information content (AvgIpc) is 3.35. The maximum atomic E-state index is 12.7. The first-order chi connectivity index (χ1) is 13.5. The molecule has 28 heavy (non-hydrogen) atoms. The van der Waals surface area contributed by atoms with E-state index >= 15 is 0 Å². The van der Waals surface area contributed by atoms with Crippen LogP contribution in [-0.2, 0) is 9.59 Å². The zero-order valence-electron chi connectivity index (χ0n) is 16.1. The highest BCUT2D eigenvalue weighted by Gasteiger charge is 2.34. The van der Waals surface area contributed by atoms with Gasteiger partial charge < -0.3 is 10.2 Å². The summed E-state index contributed by atoms with van der Waals surface area (Å²) in [6, 6.07) is 15.2. The third-order valence-electron chi connectivity index (χ3n) is 5.20. The van der Waals surface area contributed by atoms with E-state index in [1.54, 1.807) is 11.2 Å². The Morgan fingerprint density at radius 3 is 2.61 bits per heavy atom. The molecular weight excluding hydrogens is 352 g/mol. The third-order valence-corrected chi connectivity index (χ3v) is 5.20. The highest BCUT2D eigenvalue weighted by molar-refractivity contribution is 5.97. The zero-order chi connectivity index (χ0) is 19.7. The Hall–Kier alpha value is -3.15. The number of imidazole rings is 1. The normalized spacial score (nSPS) is 16.7. The molecule has 144 valence electrons. The second-order valence-corrected chi connectivity index (χ2v) is 7.48. The molecule has 1 N–H and O–H groups in total. The van der Waals surface area contributed by atoms with Crippen LogP contribution in [0.1, 0.15) is 26.7 Å². The summed E-state index contributed by atoms with van der Waals surface area (Å²) < 4.78 is 2.01. The fraction of sp³-hybridized carbons (Fsp3) is 0.318. The molecule has 3 aromatic rings. The number of nitrogens with one attached hydrogen (secondary N) is 1. The van der Waals surface area contributed by atoms with Crippen molar-refractivity contribution in [2.45, 2.75) is 32.7 Å². The summed E-state index contributed by atoms with van der Waals surface area (Å²) in [6.45, 7) is 4.39. The quantitative estimate of drug-likeness (QED) is 0.756. The van der Waals surface area contributed by atoms with Crippen LogP contribution in [0.5, 0.6) is 0 Å². The van der Waals surface area contributed by atoms with E-state index in [1.807, 2.05) is 66.9 Å². The zero-order valence-corrected chi connectivity index (χ0v) is 16.1. The molecule has 2 heterocycles. The number of aromatic nitrogens is 2. The first-order valence-corrected chi connectivity index (χ1v) is 9.68. The molecule has 1 aliphatic heterocycles. The van der Waals surface area contributed by atoms with Crippen molar-refractivity contribution >= 4 is 28.5 Å². The van der Waals surface area contributed by atoms with Crippen LogP contribution in [0.4, 0.5) is 5.69 Å². The summed E-state index contributed by atoms with van der Waals surface area (Å²) in [5.74, 6) is -0.176. The first-order valence-electron chi connectivity index (χ1n) is 9.68. The third kappa shape index (κ3) is 3.38. The van der Waals surface area contributed by atoms with Crippen LogP contribution in [0.25, 0.3) is 16.7 Å². The maximum Gasteiger partial charge on any atom is 0.247 e. The Kier molecular flexibility index (Phi) is 4.86. The van der Waals surface area contributed by atoms with Crippen molar-refractivity contribution in [3.05, 3.63) is 54.9 Å². The summed E-state index contributed by atoms with van der Waals surface area (Å²) >= 11 is 0. The van der Waals surface area contributed by atoms with Crippen LogP contribution >= 0.6 is 0 Å². The van der Waals surface area contributed by atoms with Crippen molar-refractivity contribution in [1.82, 2.24) is 14.5 Å². The molecule has 6 heteroatoms. The molecule has 1 atom stereocenters. The van der Waals surface area contributed by atoms with E-state index in [-0.39, 0.29) is 23.8 Å². The van der Waals surface area contributed by atoms with Crippen molar-refractivity contribution in [1.29, 1.82) is 0 Å². The number of para-hydroxylation sites is 2. The van der Waals surface area contributed by atoms with Crippen molar-refractivity contribution < 1.29 is 9.59 Å². The van der Waals surface area contributed by atoms with Crippen LogP contribution in [0, 0.1) is 5.92 Å². The van der Waals surface area contributed by atoms with Crippen molar-refractivity contribution in [2.75, 3.05) is 11.9 Å². The van der Waals surface area contributed by atoms with Gasteiger partial charge in [0.25, 0.3) is 0 Å². The molecule has 2 amide bonds. The number of rotatable bonds is 4. The molecule has 0 saturated carbocycles. The van der Waals surface area contributed by atoms with E-state index in [1.165, 1.54) is 0 Å². The minimum Gasteiger partial charge on any atom is -0.330 e. The van der Waals surface area contributed by atoms with Crippen LogP contribution in [0.2, 0.25) is 0 Å². The maximum absolute atomic E-state index is 12.7. The number of nitrogens with zero attached hydrogens (tertiary/aromatic N) is 3. The smallest absolute Gasteiger partial charge is 0.247 e. The number of fused-ring (bicyclic) bond motifs is 1. The average molecular weight is 376 g/mol. The highest BCUT2D eigenvalue weighted by atomic mass is 16.2. The second kappa shape index (κ2) is 7.46. The number of anilines is 1. The van der Waals surface area contributed by atoms with Crippen molar-refractivity contribution in [3.8, 4) is 5.69 Å². The van der Waals surface area contributed by atoms with Crippen LogP contribution in [0.3, 0.4) is 0 Å². The lowest BCUT2D eigenvalue weighted by molar-refractivity contribution is -0.139. The fourth-order valence-corrected chi connectivity index (χ4v) is 3.73. The van der Waals surface area contributed by atoms with Crippen molar-refractivity contribution in [2.24, 2.45) is 5.92 Å². The van der Waals surface area contributed by atoms with Gasteiger partial charge >= 0.3 is 0 Å². The summed E-state index contributed by atoms with van der Waals surface area (Å²) in [6.07, 6.45) is 3.37. The van der Waals surface area contributed by atoms with Gasteiger partial charge in [0, 0.05) is 23.8 Å². The van der Waals surface area contributed by atoms with Gasteiger partial charge in [-0.05, 0) is 49.2 Å². The molecule has 1 aromatic heterocycles. The SMILES string of the molecule is CC(C)C(=O)N1CCC[C@H]1C(=O)Nc1ccc(-n2cnc3ccccc32)cc1. The fourth-order valence-electron chi connectivity index (χ4n) is 3.73. The molecule has 4 rings (SSSR count). The predicted molar refractivity (Wildman–Crippen MR) is 109 cm³/mol. The van der Waals surface area contributed by atoms with Crippen LogP contribution < -0.4 is 5.32 Å². The molecule has 0 spiro atoms. The van der Waals surface area contributed by atoms with E-state index in [9.17, 15) is 9.59 Å². The molecule has 1 fully saturated rings. The minimum atomic E-state index is -0.382. The topological polar surface area (TPSA) is 67.2 Å². The molecule has 0 aliphatic carbocycles. The molecular formula is C22H24N4O2. The molecule has 0 unspecified atom stereocenters. The van der Waals surface area contributed by atoms with E-state index < -0.39 is 0 Å². The van der Waals surface area contributed by atoms with Crippen LogP contribution in [0.15, 0.2) is 54.9 Å². The van der Waals surface area contributed by atoms with Gasteiger partial charge in [-0.15, -0.1) is 0 Å². The largest absolute Gasteiger partial charge is 0.330 e. The lowest BCUT2D eigenvalue weighted by Gasteiger charge is -2.25. The van der Waals surface area contributed by atoms with Gasteiger partial charge in [0.05, 0.1) is 11.0 Å². The number of hydrogen-bond acceptors (Lipinski definition) is 3. The predicted octanol–water partition coefficient (Wildman–Crippen LogP) is 3.61. The van der Waals surface area contributed by atoms with Gasteiger partial charge in [0.2, 0.25) is 11.8 Å². The monoisotopic (exact) mass is 376 g/mol. The van der Waals surface area contributed by atoms with Gasteiger partial charge in [-0.3, -0.25) is 14.2 Å². The molecule has 0 radical (unpaired) electrons. The Bertz CT molecular complexity index is 1010. The summed E-state index contributed by atoms with van der Waals surface area (Å²) in [7, 11) is 0. The van der Waals surface area contributed by atoms with E-state index in [0.717, 1.165) is 28.8 Å². The molecule has 6 nitrogen and oxygen atoms in total. The molecule has 0 bridgehead atoms. The van der Waals surface area contributed by atoms with E-state index in [4.69, 9.17) is 0 Å². The highest BCUT2D eigenvalue weighted by Crippen LogP contribution is 2.23. The summed E-state index contributed by atoms with van der Waals surface area (Å²) in [5, 5.41) is 2.96. The summed E-state index contributed by atoms with van der Waals surface area (Å²) in [5.41, 5.74) is 3.68. The van der Waals surface area contributed by atoms with Gasteiger partial charge in [0.15, 0.2) is 0 Å². The van der Waals surface area contributed by atoms with E-state index in [2.05, 4.69) is 10.3 Å². The number of hydrogen-bond donors (Lipinski definition) is 1. The molecule has 2 aromatic carbocycles. The molecule has 1 aliphatic rings. The lowest BCUT2D eigenvalue weighted by atomic mass is 10.1. The van der Waals surface area contributed by atoms with Crippen LogP contribution in [-0.4, -0.2) is 38.9 Å². The Balaban J connectivity index is 1.49. The van der Waals surface area contributed by atoms with Gasteiger partial charge in [0.1, 0.15) is 12.4 Å². The van der Waals surface area contributed by atoms with Gasteiger partial charge in [-0.25, -0.2) is 4.98 Å². The Labute approximate surface area is 164 Å². The van der Waals surface area contributed by atoms with Gasteiger partial charge in [-0.2, -0.15) is 0 Å². The summed E-state index contributed by atoms with van der Waals surface area (Å²) in [4.78, 5) is 31.2. The number of likely N-dealkylation sites (tertiary alicyclic amines) is 1. The number of carbonyl (C=O) groups is 2. The Morgan fingerprint density at radius 2 is 1.86 bits per heavy atom. The lowest BCUT2D eigenvalue weighted by Crippen LogP contribution is -2.44.